The Morgan fingerprint density at radius 3 is 2.65 bits per heavy atom. The zero-order chi connectivity index (χ0) is 24.5. The summed E-state index contributed by atoms with van der Waals surface area (Å²) in [5.74, 6) is -1.32. The Morgan fingerprint density at radius 2 is 2.06 bits per heavy atom. The number of hydrogen-bond acceptors (Lipinski definition) is 7. The van der Waals surface area contributed by atoms with E-state index >= 15 is 0 Å². The summed E-state index contributed by atoms with van der Waals surface area (Å²) in [5, 5.41) is 6.87. The fourth-order valence-corrected chi connectivity index (χ4v) is 3.83. The minimum absolute atomic E-state index is 0.0270. The number of cyclic esters (lactones) is 1. The molecule has 2 aliphatic rings. The molecule has 11 heteroatoms. The van der Waals surface area contributed by atoms with Gasteiger partial charge in [-0.15, -0.1) is 0 Å². The number of carbonyl (C=O) groups excluding carboxylic acids is 2. The van der Waals surface area contributed by atoms with Crippen LogP contribution >= 0.6 is 0 Å². The van der Waals surface area contributed by atoms with Crippen LogP contribution in [0.4, 0.5) is 29.9 Å². The highest BCUT2D eigenvalue weighted by atomic mass is 19.1. The van der Waals surface area contributed by atoms with Crippen molar-refractivity contribution in [2.45, 2.75) is 38.9 Å². The summed E-state index contributed by atoms with van der Waals surface area (Å²) in [7, 11) is 0. The summed E-state index contributed by atoms with van der Waals surface area (Å²) >= 11 is 0. The van der Waals surface area contributed by atoms with Gasteiger partial charge in [0.15, 0.2) is 5.82 Å². The van der Waals surface area contributed by atoms with Crippen molar-refractivity contribution in [1.29, 1.82) is 0 Å². The van der Waals surface area contributed by atoms with Crippen molar-refractivity contribution in [3.63, 3.8) is 0 Å². The minimum atomic E-state index is -0.797. The monoisotopic (exact) mass is 476 g/mol. The van der Waals surface area contributed by atoms with Gasteiger partial charge in [-0.3, -0.25) is 9.80 Å². The summed E-state index contributed by atoms with van der Waals surface area (Å²) < 4.78 is 45.4. The second kappa shape index (κ2) is 9.41. The van der Waals surface area contributed by atoms with Gasteiger partial charge in [0, 0.05) is 18.2 Å². The van der Waals surface area contributed by atoms with Crippen LogP contribution in [0.25, 0.3) is 5.57 Å². The smallest absolute Gasteiger partial charge is 0.416 e. The van der Waals surface area contributed by atoms with Gasteiger partial charge in [-0.2, -0.15) is 0 Å². The Kier molecular flexibility index (Phi) is 6.56. The Hall–Kier alpha value is -3.47. The van der Waals surface area contributed by atoms with Gasteiger partial charge in [0.05, 0.1) is 18.8 Å². The highest BCUT2D eigenvalue weighted by molar-refractivity contribution is 5.91. The zero-order valence-electron chi connectivity index (χ0n) is 19.1. The molecule has 1 fully saturated rings. The van der Waals surface area contributed by atoms with Crippen LogP contribution in [0.3, 0.4) is 0 Å². The van der Waals surface area contributed by atoms with Crippen LogP contribution in [-0.2, 0) is 9.47 Å². The standard InChI is InChI=1S/C23H26F2N4O5/c1-23(2,3)34-22(31)29(19-6-9-32-27-19)13-16-12-28(21(30)33-16)15-10-17(24)20(18(25)11-15)14-4-7-26-8-5-14/h4,6,9-11,16,26H,5,7-8,12-13H2,1-3H3/t16-/m1/s1. The van der Waals surface area contributed by atoms with E-state index in [-0.39, 0.29) is 30.2 Å². The number of benzene rings is 1. The number of anilines is 2. The van der Waals surface area contributed by atoms with Crippen LogP contribution in [0, 0.1) is 11.6 Å². The quantitative estimate of drug-likeness (QED) is 0.694. The molecule has 1 atom stereocenters. The molecule has 9 nitrogen and oxygen atoms in total. The molecule has 1 saturated heterocycles. The fraction of sp³-hybridized carbons (Fsp3) is 0.435. The molecular weight excluding hydrogens is 450 g/mol. The van der Waals surface area contributed by atoms with Crippen LogP contribution in [0.5, 0.6) is 0 Å². The van der Waals surface area contributed by atoms with Gasteiger partial charge < -0.3 is 19.3 Å². The molecule has 1 N–H and O–H groups in total. The Balaban J connectivity index is 1.52. The van der Waals surface area contributed by atoms with Gasteiger partial charge in [0.25, 0.3) is 0 Å². The average molecular weight is 476 g/mol. The minimum Gasteiger partial charge on any atom is -0.443 e. The lowest BCUT2D eigenvalue weighted by molar-refractivity contribution is 0.0556. The summed E-state index contributed by atoms with van der Waals surface area (Å²) in [6.07, 6.45) is 1.28. The van der Waals surface area contributed by atoms with E-state index in [1.54, 1.807) is 26.8 Å². The molecule has 0 aliphatic carbocycles. The molecule has 4 rings (SSSR count). The first-order valence-electron chi connectivity index (χ1n) is 10.9. The van der Waals surface area contributed by atoms with Gasteiger partial charge in [-0.1, -0.05) is 11.2 Å². The number of nitrogens with zero attached hydrogens (tertiary/aromatic N) is 3. The van der Waals surface area contributed by atoms with Crippen LogP contribution < -0.4 is 15.1 Å². The highest BCUT2D eigenvalue weighted by Crippen LogP contribution is 2.31. The fourth-order valence-electron chi connectivity index (χ4n) is 3.83. The number of halogens is 2. The molecule has 0 unspecified atom stereocenters. The zero-order valence-corrected chi connectivity index (χ0v) is 19.1. The van der Waals surface area contributed by atoms with Crippen molar-refractivity contribution in [3.8, 4) is 0 Å². The van der Waals surface area contributed by atoms with Gasteiger partial charge in [-0.05, 0) is 51.4 Å². The van der Waals surface area contributed by atoms with E-state index < -0.39 is 35.5 Å². The molecule has 182 valence electrons. The van der Waals surface area contributed by atoms with Crippen molar-refractivity contribution < 1.29 is 32.4 Å². The van der Waals surface area contributed by atoms with Crippen LogP contribution in [-0.4, -0.2) is 55.2 Å². The molecule has 2 aliphatic heterocycles. The molecule has 3 heterocycles. The third-order valence-electron chi connectivity index (χ3n) is 5.30. The Morgan fingerprint density at radius 1 is 1.32 bits per heavy atom. The molecule has 0 radical (unpaired) electrons. The average Bonchev–Trinajstić information content (AvgIpc) is 3.40. The first-order chi connectivity index (χ1) is 16.1. The van der Waals surface area contributed by atoms with Crippen molar-refractivity contribution >= 4 is 29.3 Å². The third kappa shape index (κ3) is 5.19. The first kappa shape index (κ1) is 23.7. The SMILES string of the molecule is CC(C)(C)OC(=O)N(C[C@H]1CN(c2cc(F)c(C3=CCNCC3)c(F)c2)C(=O)O1)c1ccon1. The first-order valence-corrected chi connectivity index (χ1v) is 10.9. The molecule has 2 amide bonds. The van der Waals surface area contributed by atoms with E-state index in [1.807, 2.05) is 0 Å². The molecule has 0 bridgehead atoms. The van der Waals surface area contributed by atoms with Crippen LogP contribution in [0.15, 0.2) is 35.1 Å². The van der Waals surface area contributed by atoms with E-state index in [4.69, 9.17) is 14.0 Å². The second-order valence-electron chi connectivity index (χ2n) is 9.03. The third-order valence-corrected chi connectivity index (χ3v) is 5.30. The molecule has 0 saturated carbocycles. The number of ether oxygens (including phenoxy) is 2. The van der Waals surface area contributed by atoms with E-state index in [2.05, 4.69) is 10.5 Å². The van der Waals surface area contributed by atoms with E-state index in [0.717, 1.165) is 17.0 Å². The maximum Gasteiger partial charge on any atom is 0.416 e. The predicted molar refractivity (Wildman–Crippen MR) is 120 cm³/mol. The number of hydrogen-bond donors (Lipinski definition) is 1. The predicted octanol–water partition coefficient (Wildman–Crippen LogP) is 4.10. The summed E-state index contributed by atoms with van der Waals surface area (Å²) in [4.78, 5) is 27.6. The number of aromatic nitrogens is 1. The number of carbonyl (C=O) groups is 2. The van der Waals surface area contributed by atoms with Crippen LogP contribution in [0.2, 0.25) is 0 Å². The maximum absolute atomic E-state index is 14.9. The summed E-state index contributed by atoms with van der Waals surface area (Å²) in [6.45, 7) is 6.21. The molecule has 1 aromatic heterocycles. The largest absolute Gasteiger partial charge is 0.443 e. The number of nitrogens with one attached hydrogen (secondary N) is 1. The van der Waals surface area contributed by atoms with Gasteiger partial charge in [0.2, 0.25) is 0 Å². The summed E-state index contributed by atoms with van der Waals surface area (Å²) in [6, 6.07) is 3.71. The lowest BCUT2D eigenvalue weighted by Gasteiger charge is -2.26. The molecule has 34 heavy (non-hydrogen) atoms. The second-order valence-corrected chi connectivity index (χ2v) is 9.03. The highest BCUT2D eigenvalue weighted by Gasteiger charge is 2.37. The number of rotatable bonds is 5. The lowest BCUT2D eigenvalue weighted by Crippen LogP contribution is -2.42. The topological polar surface area (TPSA) is 97.1 Å². The van der Waals surface area contributed by atoms with Gasteiger partial charge in [0.1, 0.15) is 29.6 Å². The number of amides is 2. The van der Waals surface area contributed by atoms with Crippen LogP contribution in [0.1, 0.15) is 32.8 Å². The van der Waals surface area contributed by atoms with Crippen molar-refractivity contribution in [1.82, 2.24) is 10.5 Å². The molecular formula is C23H26F2N4O5. The van der Waals surface area contributed by atoms with Gasteiger partial charge in [-0.25, -0.2) is 18.4 Å². The molecule has 2 aromatic rings. The Bertz CT molecular complexity index is 1070. The van der Waals surface area contributed by atoms with E-state index in [9.17, 15) is 18.4 Å². The normalized spacial score (nSPS) is 18.5. The van der Waals surface area contributed by atoms with Crippen molar-refractivity contribution in [2.24, 2.45) is 0 Å². The lowest BCUT2D eigenvalue weighted by atomic mass is 9.98. The molecule has 1 aromatic carbocycles. The van der Waals surface area contributed by atoms with Gasteiger partial charge >= 0.3 is 12.2 Å². The summed E-state index contributed by atoms with van der Waals surface area (Å²) in [5.41, 5.74) is -0.233. The van der Waals surface area contributed by atoms with Crippen molar-refractivity contribution in [3.05, 3.63) is 47.7 Å². The molecule has 0 spiro atoms. The Labute approximate surface area is 195 Å². The van der Waals surface area contributed by atoms with Crippen molar-refractivity contribution in [2.75, 3.05) is 36.0 Å². The maximum atomic E-state index is 14.9. The van der Waals surface area contributed by atoms with E-state index in [1.165, 1.54) is 17.2 Å². The van der Waals surface area contributed by atoms with E-state index in [0.29, 0.717) is 25.1 Å².